The van der Waals surface area contributed by atoms with Crippen LogP contribution >= 0.6 is 11.6 Å². The summed E-state index contributed by atoms with van der Waals surface area (Å²) < 4.78 is 10.4. The van der Waals surface area contributed by atoms with E-state index in [-0.39, 0.29) is 23.0 Å². The molecule has 0 aliphatic carbocycles. The Labute approximate surface area is 92.7 Å². The number of carbonyl (C=O) groups is 1. The Morgan fingerprint density at radius 1 is 1.60 bits per heavy atom. The van der Waals surface area contributed by atoms with Crippen LogP contribution in [0.25, 0.3) is 0 Å². The van der Waals surface area contributed by atoms with Gasteiger partial charge in [-0.2, -0.15) is 0 Å². The maximum Gasteiger partial charge on any atom is 0.289 e. The molecule has 1 fully saturated rings. The normalized spacial score (nSPS) is 21.7. The number of hydrogen-bond donors (Lipinski definition) is 0. The van der Waals surface area contributed by atoms with Crippen molar-refractivity contribution in [2.24, 2.45) is 0 Å². The zero-order valence-corrected chi connectivity index (χ0v) is 9.16. The van der Waals surface area contributed by atoms with Gasteiger partial charge < -0.3 is 14.1 Å². The lowest BCUT2D eigenvalue weighted by atomic mass is 10.3. The van der Waals surface area contributed by atoms with Gasteiger partial charge in [0.25, 0.3) is 5.91 Å². The first-order chi connectivity index (χ1) is 7.16. The van der Waals surface area contributed by atoms with Crippen LogP contribution < -0.4 is 0 Å². The quantitative estimate of drug-likeness (QED) is 0.738. The fourth-order valence-corrected chi connectivity index (χ4v) is 1.73. The minimum Gasteiger partial charge on any atom is -0.440 e. The third-order valence-corrected chi connectivity index (χ3v) is 2.52. The summed E-state index contributed by atoms with van der Waals surface area (Å²) in [7, 11) is 0. The molecule has 1 unspecified atom stereocenters. The lowest BCUT2D eigenvalue weighted by Crippen LogP contribution is -2.44. The minimum absolute atomic E-state index is 0.0770. The smallest absolute Gasteiger partial charge is 0.289 e. The molecule has 0 N–H and O–H groups in total. The first-order valence-electron chi connectivity index (χ1n) is 4.83. The Morgan fingerprint density at radius 3 is 3.00 bits per heavy atom. The largest absolute Gasteiger partial charge is 0.440 e. The monoisotopic (exact) mass is 229 g/mol. The summed E-state index contributed by atoms with van der Waals surface area (Å²) in [5, 5.41) is 0.236. The highest BCUT2D eigenvalue weighted by Gasteiger charge is 2.24. The van der Waals surface area contributed by atoms with Crippen molar-refractivity contribution < 1.29 is 13.9 Å². The van der Waals surface area contributed by atoms with Crippen LogP contribution in [0.3, 0.4) is 0 Å². The molecule has 0 aromatic carbocycles. The molecule has 15 heavy (non-hydrogen) atoms. The maximum absolute atomic E-state index is 11.9. The molecule has 0 radical (unpaired) electrons. The lowest BCUT2D eigenvalue weighted by Gasteiger charge is -2.30. The molecule has 5 heteroatoms. The molecule has 2 heterocycles. The molecule has 1 aliphatic rings. The highest BCUT2D eigenvalue weighted by Crippen LogP contribution is 2.16. The molecule has 0 spiro atoms. The second-order valence-corrected chi connectivity index (χ2v) is 3.91. The zero-order chi connectivity index (χ0) is 10.8. The number of halogens is 1. The van der Waals surface area contributed by atoms with Gasteiger partial charge in [0.05, 0.1) is 12.7 Å². The van der Waals surface area contributed by atoms with Crippen LogP contribution in [-0.2, 0) is 4.74 Å². The summed E-state index contributed by atoms with van der Waals surface area (Å²) in [6.07, 6.45) is 0.0770. The molecule has 1 aliphatic heterocycles. The van der Waals surface area contributed by atoms with Gasteiger partial charge in [0.2, 0.25) is 0 Å². The van der Waals surface area contributed by atoms with Crippen LogP contribution in [0.2, 0.25) is 5.22 Å². The number of nitrogens with zero attached hydrogens (tertiary/aromatic N) is 1. The van der Waals surface area contributed by atoms with Gasteiger partial charge >= 0.3 is 0 Å². The number of carbonyl (C=O) groups excluding carboxylic acids is 1. The zero-order valence-electron chi connectivity index (χ0n) is 8.40. The summed E-state index contributed by atoms with van der Waals surface area (Å²) in [5.41, 5.74) is 0. The average molecular weight is 230 g/mol. The van der Waals surface area contributed by atoms with E-state index in [0.29, 0.717) is 19.7 Å². The Morgan fingerprint density at radius 2 is 2.40 bits per heavy atom. The molecule has 2 rings (SSSR count). The Balaban J connectivity index is 2.07. The van der Waals surface area contributed by atoms with Crippen LogP contribution in [0.5, 0.6) is 0 Å². The summed E-state index contributed by atoms with van der Waals surface area (Å²) in [6.45, 7) is 3.70. The highest BCUT2D eigenvalue weighted by atomic mass is 35.5. The van der Waals surface area contributed by atoms with E-state index in [1.165, 1.54) is 0 Å². The first-order valence-corrected chi connectivity index (χ1v) is 5.21. The summed E-state index contributed by atoms with van der Waals surface area (Å²) >= 11 is 5.61. The van der Waals surface area contributed by atoms with Gasteiger partial charge in [-0.15, -0.1) is 0 Å². The standard InChI is InChI=1S/C10H12ClNO3/c1-7-6-12(4-5-14-7)10(13)8-2-3-9(11)15-8/h2-3,7H,4-6H2,1H3. The molecule has 0 saturated carbocycles. The fourth-order valence-electron chi connectivity index (χ4n) is 1.59. The maximum atomic E-state index is 11.9. The first kappa shape index (κ1) is 10.5. The van der Waals surface area contributed by atoms with Gasteiger partial charge in [-0.25, -0.2) is 0 Å². The SMILES string of the molecule is CC1CN(C(=O)c2ccc(Cl)o2)CCO1. The molecule has 82 valence electrons. The summed E-state index contributed by atoms with van der Waals surface area (Å²) in [6, 6.07) is 3.16. The van der Waals surface area contributed by atoms with Gasteiger partial charge in [0.1, 0.15) is 0 Å². The predicted molar refractivity (Wildman–Crippen MR) is 55.0 cm³/mol. The van der Waals surface area contributed by atoms with Gasteiger partial charge in [0, 0.05) is 13.1 Å². The predicted octanol–water partition coefficient (Wildman–Crippen LogP) is 1.79. The Kier molecular flexibility index (Phi) is 2.98. The molecule has 1 amide bonds. The average Bonchev–Trinajstić information content (AvgIpc) is 2.64. The minimum atomic E-state index is -0.128. The number of ether oxygens (including phenoxy) is 1. The molecule has 1 aromatic rings. The van der Waals surface area contributed by atoms with Crippen LogP contribution in [0.4, 0.5) is 0 Å². The van der Waals surface area contributed by atoms with Gasteiger partial charge in [-0.1, -0.05) is 0 Å². The number of morpholine rings is 1. The number of furan rings is 1. The second-order valence-electron chi connectivity index (χ2n) is 3.54. The molecule has 1 atom stereocenters. The van der Waals surface area contributed by atoms with E-state index < -0.39 is 0 Å². The Bertz CT molecular complexity index is 363. The van der Waals surface area contributed by atoms with E-state index in [1.807, 2.05) is 6.92 Å². The number of hydrogen-bond acceptors (Lipinski definition) is 3. The molecule has 1 aromatic heterocycles. The van der Waals surface area contributed by atoms with E-state index in [1.54, 1.807) is 17.0 Å². The van der Waals surface area contributed by atoms with Crippen molar-refractivity contribution in [2.45, 2.75) is 13.0 Å². The van der Waals surface area contributed by atoms with Gasteiger partial charge in [-0.05, 0) is 30.7 Å². The van der Waals surface area contributed by atoms with E-state index in [9.17, 15) is 4.79 Å². The third-order valence-electron chi connectivity index (χ3n) is 2.31. The Hall–Kier alpha value is -1.00. The van der Waals surface area contributed by atoms with Gasteiger partial charge in [0.15, 0.2) is 11.0 Å². The van der Waals surface area contributed by atoms with Crippen molar-refractivity contribution in [3.63, 3.8) is 0 Å². The van der Waals surface area contributed by atoms with Crippen molar-refractivity contribution in [3.8, 4) is 0 Å². The second kappa shape index (κ2) is 4.24. The van der Waals surface area contributed by atoms with Crippen molar-refractivity contribution in [3.05, 3.63) is 23.1 Å². The van der Waals surface area contributed by atoms with Crippen molar-refractivity contribution in [1.82, 2.24) is 4.90 Å². The van der Waals surface area contributed by atoms with Crippen molar-refractivity contribution in [1.29, 1.82) is 0 Å². The van der Waals surface area contributed by atoms with E-state index in [0.717, 1.165) is 0 Å². The van der Waals surface area contributed by atoms with E-state index >= 15 is 0 Å². The summed E-state index contributed by atoms with van der Waals surface area (Å²) in [4.78, 5) is 13.6. The lowest BCUT2D eigenvalue weighted by molar-refractivity contribution is -0.0134. The summed E-state index contributed by atoms with van der Waals surface area (Å²) in [5.74, 6) is 0.158. The highest BCUT2D eigenvalue weighted by molar-refractivity contribution is 6.29. The van der Waals surface area contributed by atoms with Crippen LogP contribution in [-0.4, -0.2) is 36.6 Å². The molecule has 1 saturated heterocycles. The molecular weight excluding hydrogens is 218 g/mol. The van der Waals surface area contributed by atoms with Crippen molar-refractivity contribution >= 4 is 17.5 Å². The number of rotatable bonds is 1. The van der Waals surface area contributed by atoms with Crippen LogP contribution in [0.1, 0.15) is 17.5 Å². The fraction of sp³-hybridized carbons (Fsp3) is 0.500. The number of amides is 1. The van der Waals surface area contributed by atoms with Crippen LogP contribution in [0.15, 0.2) is 16.5 Å². The third kappa shape index (κ3) is 2.33. The van der Waals surface area contributed by atoms with Crippen molar-refractivity contribution in [2.75, 3.05) is 19.7 Å². The van der Waals surface area contributed by atoms with E-state index in [4.69, 9.17) is 20.8 Å². The topological polar surface area (TPSA) is 42.7 Å². The van der Waals surface area contributed by atoms with Gasteiger partial charge in [-0.3, -0.25) is 4.79 Å². The molecular formula is C10H12ClNO3. The van der Waals surface area contributed by atoms with Crippen LogP contribution in [0, 0.1) is 0 Å². The van der Waals surface area contributed by atoms with E-state index in [2.05, 4.69) is 0 Å². The molecule has 4 nitrogen and oxygen atoms in total. The molecule has 0 bridgehead atoms.